The summed E-state index contributed by atoms with van der Waals surface area (Å²) in [5, 5.41) is 9.12. The van der Waals surface area contributed by atoms with Crippen LogP contribution in [0.2, 0.25) is 0 Å². The summed E-state index contributed by atoms with van der Waals surface area (Å²) in [5.74, 6) is 1.31. The number of imidazole rings is 1. The van der Waals surface area contributed by atoms with Gasteiger partial charge in [-0.2, -0.15) is 0 Å². The van der Waals surface area contributed by atoms with Gasteiger partial charge in [0.15, 0.2) is 0 Å². The van der Waals surface area contributed by atoms with Crippen molar-refractivity contribution in [2.24, 2.45) is 5.92 Å². The number of nitrogens with zero attached hydrogens (tertiary/aromatic N) is 2. The molecule has 1 saturated heterocycles. The molecule has 2 N–H and O–H groups in total. The van der Waals surface area contributed by atoms with Gasteiger partial charge in [0, 0.05) is 25.6 Å². The number of fused-ring (bicyclic) bond motifs is 1. The standard InChI is InChI=1S/C23H25N3O4/c1-15(27)26-11-8-16(9-12-26)10-13-30-19-5-2-17(3-6-19)22-24-20-7-4-18(23(28)29)14-21(20)25-22/h2-7,14,16H,8-13H2,1H3,(H,24,25)(H,28,29). The molecular formula is C23H25N3O4. The molecular weight excluding hydrogens is 382 g/mol. The zero-order valence-electron chi connectivity index (χ0n) is 16.9. The van der Waals surface area contributed by atoms with Gasteiger partial charge in [-0.25, -0.2) is 9.78 Å². The molecule has 2 heterocycles. The third-order valence-electron chi connectivity index (χ3n) is 5.71. The Bertz CT molecular complexity index is 1050. The molecule has 0 bridgehead atoms. The summed E-state index contributed by atoms with van der Waals surface area (Å²) in [6.07, 6.45) is 3.07. The fraction of sp³-hybridized carbons (Fsp3) is 0.348. The molecule has 3 aromatic rings. The van der Waals surface area contributed by atoms with Crippen LogP contribution in [0.1, 0.15) is 36.5 Å². The lowest BCUT2D eigenvalue weighted by Gasteiger charge is -2.31. The Morgan fingerprint density at radius 3 is 2.57 bits per heavy atom. The van der Waals surface area contributed by atoms with Gasteiger partial charge < -0.3 is 19.7 Å². The first-order valence-corrected chi connectivity index (χ1v) is 10.2. The van der Waals surface area contributed by atoms with E-state index < -0.39 is 5.97 Å². The van der Waals surface area contributed by atoms with Gasteiger partial charge in [-0.3, -0.25) is 4.79 Å². The second-order valence-electron chi connectivity index (χ2n) is 7.73. The molecule has 1 fully saturated rings. The van der Waals surface area contributed by atoms with E-state index in [1.165, 1.54) is 0 Å². The lowest BCUT2D eigenvalue weighted by atomic mass is 9.94. The van der Waals surface area contributed by atoms with Gasteiger partial charge in [0.25, 0.3) is 0 Å². The molecule has 0 spiro atoms. The summed E-state index contributed by atoms with van der Waals surface area (Å²) in [7, 11) is 0. The minimum Gasteiger partial charge on any atom is -0.494 e. The number of benzene rings is 2. The number of carbonyl (C=O) groups is 2. The number of H-pyrrole nitrogens is 1. The highest BCUT2D eigenvalue weighted by atomic mass is 16.5. The summed E-state index contributed by atoms with van der Waals surface area (Å²) in [5.41, 5.74) is 2.56. The van der Waals surface area contributed by atoms with Crippen molar-refractivity contribution in [2.45, 2.75) is 26.2 Å². The van der Waals surface area contributed by atoms with Crippen LogP contribution in [0.3, 0.4) is 0 Å². The second kappa shape index (κ2) is 8.57. The summed E-state index contributed by atoms with van der Waals surface area (Å²) < 4.78 is 5.90. The molecule has 1 aromatic heterocycles. The quantitative estimate of drug-likeness (QED) is 0.645. The van der Waals surface area contributed by atoms with Crippen molar-refractivity contribution < 1.29 is 19.4 Å². The maximum Gasteiger partial charge on any atom is 0.335 e. The highest BCUT2D eigenvalue weighted by Gasteiger charge is 2.20. The molecule has 0 aliphatic carbocycles. The van der Waals surface area contributed by atoms with Gasteiger partial charge in [-0.15, -0.1) is 0 Å². The first-order valence-electron chi connectivity index (χ1n) is 10.2. The van der Waals surface area contributed by atoms with Crippen LogP contribution < -0.4 is 4.74 Å². The van der Waals surface area contributed by atoms with Gasteiger partial charge in [0.1, 0.15) is 11.6 Å². The molecule has 1 amide bonds. The molecule has 1 aliphatic rings. The SMILES string of the molecule is CC(=O)N1CCC(CCOc2ccc(-c3nc4ccc(C(=O)O)cc4[nH]3)cc2)CC1. The van der Waals surface area contributed by atoms with Gasteiger partial charge in [0.05, 0.1) is 23.2 Å². The van der Waals surface area contributed by atoms with Crippen molar-refractivity contribution in [2.75, 3.05) is 19.7 Å². The third-order valence-corrected chi connectivity index (χ3v) is 5.71. The largest absolute Gasteiger partial charge is 0.494 e. The van der Waals surface area contributed by atoms with Crippen LogP contribution in [0.15, 0.2) is 42.5 Å². The van der Waals surface area contributed by atoms with Gasteiger partial charge in [-0.05, 0) is 67.6 Å². The number of amides is 1. The lowest BCUT2D eigenvalue weighted by Crippen LogP contribution is -2.37. The minimum atomic E-state index is -0.959. The van der Waals surface area contributed by atoms with Crippen molar-refractivity contribution in [1.29, 1.82) is 0 Å². The Balaban J connectivity index is 1.32. The molecule has 0 unspecified atom stereocenters. The monoisotopic (exact) mass is 407 g/mol. The highest BCUT2D eigenvalue weighted by molar-refractivity contribution is 5.93. The predicted octanol–water partition coefficient (Wildman–Crippen LogP) is 3.96. The topological polar surface area (TPSA) is 95.5 Å². The number of carbonyl (C=O) groups excluding carboxylic acids is 1. The van der Waals surface area contributed by atoms with E-state index in [1.807, 2.05) is 29.2 Å². The maximum atomic E-state index is 11.4. The molecule has 30 heavy (non-hydrogen) atoms. The Kier molecular flexibility index (Phi) is 5.70. The summed E-state index contributed by atoms with van der Waals surface area (Å²) in [6.45, 7) is 3.98. The number of carboxylic acids is 1. The van der Waals surface area contributed by atoms with E-state index in [9.17, 15) is 9.59 Å². The number of aromatic carboxylic acids is 1. The average molecular weight is 407 g/mol. The van der Waals surface area contributed by atoms with Crippen LogP contribution in [0.25, 0.3) is 22.4 Å². The number of ether oxygens (including phenoxy) is 1. The number of likely N-dealkylation sites (tertiary alicyclic amines) is 1. The second-order valence-corrected chi connectivity index (χ2v) is 7.73. The van der Waals surface area contributed by atoms with E-state index in [0.29, 0.717) is 23.9 Å². The Labute approximate surface area is 174 Å². The van der Waals surface area contributed by atoms with Crippen molar-refractivity contribution in [1.82, 2.24) is 14.9 Å². The number of aromatic amines is 1. The molecule has 0 atom stereocenters. The zero-order chi connectivity index (χ0) is 21.1. The summed E-state index contributed by atoms with van der Waals surface area (Å²) in [6, 6.07) is 12.6. The van der Waals surface area contributed by atoms with Crippen molar-refractivity contribution in [3.63, 3.8) is 0 Å². The van der Waals surface area contributed by atoms with Crippen LogP contribution >= 0.6 is 0 Å². The van der Waals surface area contributed by atoms with Gasteiger partial charge >= 0.3 is 5.97 Å². The predicted molar refractivity (Wildman–Crippen MR) is 114 cm³/mol. The minimum absolute atomic E-state index is 0.163. The molecule has 7 nitrogen and oxygen atoms in total. The Morgan fingerprint density at radius 2 is 1.90 bits per heavy atom. The van der Waals surface area contributed by atoms with Crippen LogP contribution in [-0.2, 0) is 4.79 Å². The van der Waals surface area contributed by atoms with E-state index in [4.69, 9.17) is 9.84 Å². The van der Waals surface area contributed by atoms with E-state index in [0.717, 1.165) is 49.2 Å². The van der Waals surface area contributed by atoms with Crippen molar-refractivity contribution in [3.05, 3.63) is 48.0 Å². The van der Waals surface area contributed by atoms with Crippen LogP contribution in [-0.4, -0.2) is 51.5 Å². The van der Waals surface area contributed by atoms with E-state index in [1.54, 1.807) is 25.1 Å². The maximum absolute atomic E-state index is 11.4. The van der Waals surface area contributed by atoms with Crippen LogP contribution in [0.4, 0.5) is 0 Å². The van der Waals surface area contributed by atoms with Crippen LogP contribution in [0.5, 0.6) is 5.75 Å². The number of aromatic nitrogens is 2. The summed E-state index contributed by atoms with van der Waals surface area (Å²) in [4.78, 5) is 32.2. The molecule has 0 saturated carbocycles. The normalized spacial score (nSPS) is 14.8. The zero-order valence-corrected chi connectivity index (χ0v) is 16.9. The average Bonchev–Trinajstić information content (AvgIpc) is 3.18. The van der Waals surface area contributed by atoms with Crippen molar-refractivity contribution in [3.8, 4) is 17.1 Å². The highest BCUT2D eigenvalue weighted by Crippen LogP contribution is 2.25. The Morgan fingerprint density at radius 1 is 1.17 bits per heavy atom. The number of piperidine rings is 1. The molecule has 0 radical (unpaired) electrons. The van der Waals surface area contributed by atoms with E-state index in [-0.39, 0.29) is 11.5 Å². The molecule has 4 rings (SSSR count). The number of carboxylic acid groups (broad SMARTS) is 1. The molecule has 2 aromatic carbocycles. The Hall–Kier alpha value is -3.35. The fourth-order valence-corrected chi connectivity index (χ4v) is 3.87. The first kappa shape index (κ1) is 19.9. The van der Waals surface area contributed by atoms with E-state index >= 15 is 0 Å². The molecule has 1 aliphatic heterocycles. The van der Waals surface area contributed by atoms with E-state index in [2.05, 4.69) is 9.97 Å². The van der Waals surface area contributed by atoms with Crippen molar-refractivity contribution >= 4 is 22.9 Å². The molecule has 156 valence electrons. The smallest absolute Gasteiger partial charge is 0.335 e. The number of rotatable bonds is 6. The van der Waals surface area contributed by atoms with Gasteiger partial charge in [0.2, 0.25) is 5.91 Å². The molecule has 7 heteroatoms. The fourth-order valence-electron chi connectivity index (χ4n) is 3.87. The van der Waals surface area contributed by atoms with Crippen LogP contribution in [0, 0.1) is 5.92 Å². The lowest BCUT2D eigenvalue weighted by molar-refractivity contribution is -0.130. The number of nitrogens with one attached hydrogen (secondary N) is 1. The first-order chi connectivity index (χ1) is 14.5. The third kappa shape index (κ3) is 4.45. The number of hydrogen-bond acceptors (Lipinski definition) is 4. The number of hydrogen-bond donors (Lipinski definition) is 2. The summed E-state index contributed by atoms with van der Waals surface area (Å²) >= 11 is 0. The van der Waals surface area contributed by atoms with Gasteiger partial charge in [-0.1, -0.05) is 0 Å².